The van der Waals surface area contributed by atoms with Crippen molar-refractivity contribution >= 4 is 29.4 Å². The van der Waals surface area contributed by atoms with Crippen molar-refractivity contribution in [2.75, 3.05) is 30.5 Å². The van der Waals surface area contributed by atoms with Gasteiger partial charge in [0.25, 0.3) is 0 Å². The van der Waals surface area contributed by atoms with Crippen molar-refractivity contribution in [1.82, 2.24) is 4.90 Å². The third-order valence-electron chi connectivity index (χ3n) is 3.83. The normalized spacial score (nSPS) is 14.7. The van der Waals surface area contributed by atoms with Crippen LogP contribution in [0.5, 0.6) is 0 Å². The van der Waals surface area contributed by atoms with Crippen molar-refractivity contribution in [2.24, 2.45) is 0 Å². The van der Waals surface area contributed by atoms with Gasteiger partial charge in [0, 0.05) is 31.1 Å². The molecule has 0 aromatic heterocycles. The Morgan fingerprint density at radius 3 is 2.81 bits per heavy atom. The highest BCUT2D eigenvalue weighted by Crippen LogP contribution is 2.30. The molecular weight excluding hydrogens is 288 g/mol. The molecule has 1 aromatic rings. The second kappa shape index (κ2) is 6.39. The second-order valence-electron chi connectivity index (χ2n) is 5.25. The molecule has 1 N–H and O–H groups in total. The van der Waals surface area contributed by atoms with Crippen molar-refractivity contribution in [3.8, 4) is 0 Å². The molecule has 1 aliphatic rings. The highest BCUT2D eigenvalue weighted by molar-refractivity contribution is 7.98. The predicted octanol–water partition coefficient (Wildman–Crippen LogP) is 2.55. The average molecular weight is 308 g/mol. The van der Waals surface area contributed by atoms with Crippen molar-refractivity contribution in [3.63, 3.8) is 0 Å². The lowest BCUT2D eigenvalue weighted by Gasteiger charge is -2.29. The minimum Gasteiger partial charge on any atom is -0.478 e. The van der Waals surface area contributed by atoms with Gasteiger partial charge in [0.15, 0.2) is 0 Å². The molecule has 0 saturated heterocycles. The highest BCUT2D eigenvalue weighted by Gasteiger charge is 2.29. The number of carbonyl (C=O) groups is 2. The molecule has 0 radical (unpaired) electrons. The summed E-state index contributed by atoms with van der Waals surface area (Å²) in [5.74, 6) is -0.0980. The van der Waals surface area contributed by atoms with Crippen LogP contribution in [0.15, 0.2) is 18.2 Å². The van der Waals surface area contributed by atoms with Gasteiger partial charge in [-0.3, -0.25) is 4.90 Å². The summed E-state index contributed by atoms with van der Waals surface area (Å²) in [4.78, 5) is 27.1. The number of anilines is 1. The zero-order valence-corrected chi connectivity index (χ0v) is 13.3. The number of carboxylic acid groups (broad SMARTS) is 1. The maximum absolute atomic E-state index is 12.6. The molecule has 5 nitrogen and oxygen atoms in total. The summed E-state index contributed by atoms with van der Waals surface area (Å²) in [5.41, 5.74) is 1.97. The standard InChI is InChI=1S/C15H20N2O3S/c1-10(9-21-3)16(2)15(20)17-7-6-11-4-5-12(14(18)19)8-13(11)17/h4-5,8,10H,6-7,9H2,1-3H3,(H,18,19). The van der Waals surface area contributed by atoms with E-state index in [1.165, 1.54) is 0 Å². The van der Waals surface area contributed by atoms with Crippen LogP contribution in [0.1, 0.15) is 22.8 Å². The molecule has 2 amide bonds. The summed E-state index contributed by atoms with van der Waals surface area (Å²) >= 11 is 1.70. The summed E-state index contributed by atoms with van der Waals surface area (Å²) in [7, 11) is 1.79. The maximum Gasteiger partial charge on any atom is 0.335 e. The lowest BCUT2D eigenvalue weighted by molar-refractivity contribution is 0.0697. The van der Waals surface area contributed by atoms with Crippen LogP contribution in [0.4, 0.5) is 10.5 Å². The fourth-order valence-corrected chi connectivity index (χ4v) is 3.15. The van der Waals surface area contributed by atoms with Gasteiger partial charge in [-0.1, -0.05) is 6.07 Å². The quantitative estimate of drug-likeness (QED) is 0.928. The number of hydrogen-bond donors (Lipinski definition) is 1. The third-order valence-corrected chi connectivity index (χ3v) is 4.65. The number of nitrogens with zero attached hydrogens (tertiary/aromatic N) is 2. The molecule has 114 valence electrons. The van der Waals surface area contributed by atoms with E-state index in [2.05, 4.69) is 0 Å². The summed E-state index contributed by atoms with van der Waals surface area (Å²) in [6.07, 6.45) is 2.78. The van der Waals surface area contributed by atoms with Crippen LogP contribution in [0.2, 0.25) is 0 Å². The number of aromatic carboxylic acids is 1. The van der Waals surface area contributed by atoms with Crippen molar-refractivity contribution in [2.45, 2.75) is 19.4 Å². The SMILES string of the molecule is CSCC(C)N(C)C(=O)N1CCc2ccc(C(=O)O)cc21. The summed E-state index contributed by atoms with van der Waals surface area (Å²) in [6, 6.07) is 5.06. The smallest absolute Gasteiger partial charge is 0.335 e. The maximum atomic E-state index is 12.6. The molecule has 1 aliphatic heterocycles. The topological polar surface area (TPSA) is 60.9 Å². The van der Waals surface area contributed by atoms with Crippen molar-refractivity contribution < 1.29 is 14.7 Å². The predicted molar refractivity (Wildman–Crippen MR) is 85.5 cm³/mol. The van der Waals surface area contributed by atoms with Crippen molar-refractivity contribution in [3.05, 3.63) is 29.3 Å². The van der Waals surface area contributed by atoms with Crippen LogP contribution < -0.4 is 4.90 Å². The van der Waals surface area contributed by atoms with Crippen LogP contribution in [0.3, 0.4) is 0 Å². The first-order valence-corrected chi connectivity index (χ1v) is 8.24. The third kappa shape index (κ3) is 3.15. The Morgan fingerprint density at radius 2 is 2.19 bits per heavy atom. The first-order valence-electron chi connectivity index (χ1n) is 6.85. The Bertz CT molecular complexity index is 562. The van der Waals surface area contributed by atoms with E-state index in [1.807, 2.05) is 13.2 Å². The van der Waals surface area contributed by atoms with Crippen LogP contribution >= 0.6 is 11.8 Å². The number of fused-ring (bicyclic) bond motifs is 1. The molecule has 1 heterocycles. The molecule has 0 bridgehead atoms. The summed E-state index contributed by atoms with van der Waals surface area (Å²) in [5, 5.41) is 9.09. The summed E-state index contributed by atoms with van der Waals surface area (Å²) in [6.45, 7) is 2.62. The van der Waals surface area contributed by atoms with Gasteiger partial charge in [0.1, 0.15) is 0 Å². The number of hydrogen-bond acceptors (Lipinski definition) is 3. The first-order chi connectivity index (χ1) is 9.95. The van der Waals surface area contributed by atoms with Gasteiger partial charge in [0.05, 0.1) is 5.56 Å². The van der Waals surface area contributed by atoms with Gasteiger partial charge in [-0.15, -0.1) is 0 Å². The number of benzene rings is 1. The van der Waals surface area contributed by atoms with Gasteiger partial charge in [-0.2, -0.15) is 11.8 Å². The first kappa shape index (κ1) is 15.7. The van der Waals surface area contributed by atoms with E-state index in [1.54, 1.807) is 46.8 Å². The molecule has 1 aromatic carbocycles. The Morgan fingerprint density at radius 1 is 1.48 bits per heavy atom. The molecule has 6 heteroatoms. The van der Waals surface area contributed by atoms with Gasteiger partial charge < -0.3 is 10.0 Å². The van der Waals surface area contributed by atoms with Gasteiger partial charge >= 0.3 is 12.0 Å². The molecule has 2 rings (SSSR count). The van der Waals surface area contributed by atoms with E-state index in [0.717, 1.165) is 23.4 Å². The number of thioether (sulfide) groups is 1. The van der Waals surface area contributed by atoms with E-state index in [4.69, 9.17) is 5.11 Å². The summed E-state index contributed by atoms with van der Waals surface area (Å²) < 4.78 is 0. The van der Waals surface area contributed by atoms with Crippen LogP contribution in [-0.2, 0) is 6.42 Å². The second-order valence-corrected chi connectivity index (χ2v) is 6.16. The zero-order valence-electron chi connectivity index (χ0n) is 12.5. The van der Waals surface area contributed by atoms with Crippen LogP contribution in [0, 0.1) is 0 Å². The highest BCUT2D eigenvalue weighted by atomic mass is 32.2. The fourth-order valence-electron chi connectivity index (χ4n) is 2.44. The fraction of sp³-hybridized carbons (Fsp3) is 0.467. The molecule has 1 atom stereocenters. The number of urea groups is 1. The number of carbonyl (C=O) groups excluding carboxylic acids is 1. The Hall–Kier alpha value is -1.69. The number of carboxylic acids is 1. The average Bonchev–Trinajstić information content (AvgIpc) is 2.88. The lowest BCUT2D eigenvalue weighted by atomic mass is 10.1. The molecule has 1 unspecified atom stereocenters. The van der Waals surface area contributed by atoms with Gasteiger partial charge in [0.2, 0.25) is 0 Å². The van der Waals surface area contributed by atoms with Crippen LogP contribution in [-0.4, -0.2) is 53.6 Å². The molecule has 0 spiro atoms. The largest absolute Gasteiger partial charge is 0.478 e. The Labute approximate surface area is 128 Å². The van der Waals surface area contributed by atoms with E-state index in [0.29, 0.717) is 6.54 Å². The number of amides is 2. The Kier molecular flexibility index (Phi) is 4.77. The minimum absolute atomic E-state index is 0.0714. The minimum atomic E-state index is -0.971. The van der Waals surface area contributed by atoms with Gasteiger partial charge in [-0.25, -0.2) is 9.59 Å². The molecular formula is C15H20N2O3S. The van der Waals surface area contributed by atoms with E-state index in [9.17, 15) is 9.59 Å². The van der Waals surface area contributed by atoms with Crippen molar-refractivity contribution in [1.29, 1.82) is 0 Å². The monoisotopic (exact) mass is 308 g/mol. The zero-order chi connectivity index (χ0) is 15.6. The molecule has 0 aliphatic carbocycles. The molecule has 0 fully saturated rings. The van der Waals surface area contributed by atoms with Crippen LogP contribution in [0.25, 0.3) is 0 Å². The molecule has 21 heavy (non-hydrogen) atoms. The molecule has 0 saturated carbocycles. The van der Waals surface area contributed by atoms with E-state index in [-0.39, 0.29) is 17.6 Å². The van der Waals surface area contributed by atoms with E-state index < -0.39 is 5.97 Å². The lowest BCUT2D eigenvalue weighted by Crippen LogP contribution is -2.45. The Balaban J connectivity index is 2.23. The number of rotatable bonds is 4. The van der Waals surface area contributed by atoms with Gasteiger partial charge in [-0.05, 0) is 37.3 Å². The van der Waals surface area contributed by atoms with E-state index >= 15 is 0 Å².